The first-order valence-corrected chi connectivity index (χ1v) is 4.76. The molecule has 0 aliphatic carbocycles. The van der Waals surface area contributed by atoms with Crippen molar-refractivity contribution in [2.75, 3.05) is 5.32 Å². The molecule has 0 atom stereocenters. The lowest BCUT2D eigenvalue weighted by molar-refractivity contribution is -0.131. The number of hydrogen-bond acceptors (Lipinski definition) is 3. The first-order valence-electron chi connectivity index (χ1n) is 4.76. The van der Waals surface area contributed by atoms with Crippen molar-refractivity contribution in [3.63, 3.8) is 0 Å². The van der Waals surface area contributed by atoms with E-state index < -0.39 is 23.7 Å². The summed E-state index contributed by atoms with van der Waals surface area (Å²) in [7, 11) is 0. The fourth-order valence-electron chi connectivity index (χ4n) is 1.03. The number of carboxylic acids is 1. The highest BCUT2D eigenvalue weighted by atomic mass is 19.1. The number of benzene rings is 1. The van der Waals surface area contributed by atoms with E-state index in [1.165, 1.54) is 18.2 Å². The van der Waals surface area contributed by atoms with E-state index in [2.05, 4.69) is 5.32 Å². The molecule has 94 valence electrons. The number of carbonyl (C=O) groups excluding carboxylic acids is 2. The largest absolute Gasteiger partial charge is 0.478 e. The molecule has 1 aromatic carbocycles. The summed E-state index contributed by atoms with van der Waals surface area (Å²) < 4.78 is 12.8. The topological polar surface area (TPSA) is 95.5 Å². The highest BCUT2D eigenvalue weighted by Gasteiger charge is 2.05. The Morgan fingerprint density at radius 2 is 1.94 bits per heavy atom. The van der Waals surface area contributed by atoms with Crippen molar-refractivity contribution in [3.8, 4) is 0 Å². The van der Waals surface area contributed by atoms with Crippen molar-refractivity contribution in [1.82, 2.24) is 5.32 Å². The fraction of sp³-hybridized carbons (Fsp3) is 0. The summed E-state index contributed by atoms with van der Waals surface area (Å²) in [6.07, 6.45) is 1.28. The molecule has 6 nitrogen and oxygen atoms in total. The predicted molar refractivity (Wildman–Crippen MR) is 60.3 cm³/mol. The second-order valence-electron chi connectivity index (χ2n) is 3.13. The molecule has 3 amide bonds. The third kappa shape index (κ3) is 4.88. The number of imide groups is 1. The quantitative estimate of drug-likeness (QED) is 0.702. The van der Waals surface area contributed by atoms with Gasteiger partial charge < -0.3 is 10.4 Å². The molecule has 1 rings (SSSR count). The van der Waals surface area contributed by atoms with Crippen molar-refractivity contribution in [2.24, 2.45) is 0 Å². The standard InChI is InChI=1S/C11H9FN2O4/c12-7-2-1-3-8(6-7)13-11(18)14-9(15)4-5-10(16)17/h1-6H,(H,16,17)(H2,13,14,15,18)/b5-4+. The second kappa shape index (κ2) is 6.14. The lowest BCUT2D eigenvalue weighted by Gasteiger charge is -2.04. The van der Waals surface area contributed by atoms with E-state index in [-0.39, 0.29) is 5.69 Å². The normalized spacial score (nSPS) is 10.1. The number of carbonyl (C=O) groups is 3. The van der Waals surface area contributed by atoms with Gasteiger partial charge in [0.1, 0.15) is 5.82 Å². The molecule has 3 N–H and O–H groups in total. The van der Waals surface area contributed by atoms with E-state index in [9.17, 15) is 18.8 Å². The van der Waals surface area contributed by atoms with Gasteiger partial charge in [0.05, 0.1) is 0 Å². The van der Waals surface area contributed by atoms with Crippen LogP contribution in [0.15, 0.2) is 36.4 Å². The van der Waals surface area contributed by atoms with Crippen LogP contribution in [0.25, 0.3) is 0 Å². The highest BCUT2D eigenvalue weighted by molar-refractivity contribution is 6.06. The minimum atomic E-state index is -1.31. The maximum Gasteiger partial charge on any atom is 0.328 e. The Labute approximate surface area is 101 Å². The van der Waals surface area contributed by atoms with Gasteiger partial charge in [-0.3, -0.25) is 10.1 Å². The zero-order chi connectivity index (χ0) is 13.5. The Balaban J connectivity index is 2.52. The molecule has 0 bridgehead atoms. The number of anilines is 1. The molecule has 0 aliphatic rings. The summed E-state index contributed by atoms with van der Waals surface area (Å²) in [4.78, 5) is 32.4. The average Bonchev–Trinajstić information content (AvgIpc) is 2.26. The van der Waals surface area contributed by atoms with Gasteiger partial charge in [0, 0.05) is 17.8 Å². The number of halogens is 1. The lowest BCUT2D eigenvalue weighted by atomic mass is 10.3. The second-order valence-corrected chi connectivity index (χ2v) is 3.13. The number of urea groups is 1. The highest BCUT2D eigenvalue weighted by Crippen LogP contribution is 2.08. The lowest BCUT2D eigenvalue weighted by Crippen LogP contribution is -2.33. The molecule has 0 heterocycles. The summed E-state index contributed by atoms with van der Waals surface area (Å²) in [5.41, 5.74) is 0.169. The maximum atomic E-state index is 12.8. The van der Waals surface area contributed by atoms with Crippen molar-refractivity contribution in [2.45, 2.75) is 0 Å². The van der Waals surface area contributed by atoms with E-state index in [0.717, 1.165) is 6.07 Å². The van der Waals surface area contributed by atoms with Gasteiger partial charge in [-0.25, -0.2) is 14.0 Å². The fourth-order valence-corrected chi connectivity index (χ4v) is 1.03. The van der Waals surface area contributed by atoms with Crippen molar-refractivity contribution < 1.29 is 23.9 Å². The number of aliphatic carboxylic acids is 1. The number of amides is 3. The van der Waals surface area contributed by atoms with Crippen LogP contribution < -0.4 is 10.6 Å². The third-order valence-corrected chi connectivity index (χ3v) is 1.70. The monoisotopic (exact) mass is 252 g/mol. The van der Waals surface area contributed by atoms with Crippen LogP contribution in [-0.4, -0.2) is 23.0 Å². The van der Waals surface area contributed by atoms with E-state index in [1.807, 2.05) is 5.32 Å². The van der Waals surface area contributed by atoms with E-state index in [4.69, 9.17) is 5.11 Å². The molecular weight excluding hydrogens is 243 g/mol. The van der Waals surface area contributed by atoms with Gasteiger partial charge in [0.25, 0.3) is 5.91 Å². The summed E-state index contributed by atoms with van der Waals surface area (Å²) in [6, 6.07) is 4.19. The maximum absolute atomic E-state index is 12.8. The molecule has 0 unspecified atom stereocenters. The number of rotatable bonds is 3. The molecule has 1 aromatic rings. The van der Waals surface area contributed by atoms with Crippen LogP contribution in [0.5, 0.6) is 0 Å². The third-order valence-electron chi connectivity index (χ3n) is 1.70. The van der Waals surface area contributed by atoms with Crippen LogP contribution in [0.3, 0.4) is 0 Å². The summed E-state index contributed by atoms with van der Waals surface area (Å²) in [5.74, 6) is -2.74. The van der Waals surface area contributed by atoms with Gasteiger partial charge in [-0.2, -0.15) is 0 Å². The zero-order valence-electron chi connectivity index (χ0n) is 9.01. The summed E-state index contributed by atoms with van der Waals surface area (Å²) in [5, 5.41) is 12.3. The molecule has 7 heteroatoms. The first kappa shape index (κ1) is 13.4. The van der Waals surface area contributed by atoms with Crippen LogP contribution in [0.4, 0.5) is 14.9 Å². The molecular formula is C11H9FN2O4. The average molecular weight is 252 g/mol. The molecule has 0 aliphatic heterocycles. The van der Waals surface area contributed by atoms with Gasteiger partial charge in [0.15, 0.2) is 0 Å². The minimum absolute atomic E-state index is 0.169. The molecule has 0 aromatic heterocycles. The minimum Gasteiger partial charge on any atom is -0.478 e. The Kier molecular flexibility index (Phi) is 4.56. The van der Waals surface area contributed by atoms with Crippen molar-refractivity contribution >= 4 is 23.6 Å². The number of hydrogen-bond donors (Lipinski definition) is 3. The van der Waals surface area contributed by atoms with E-state index in [1.54, 1.807) is 0 Å². The van der Waals surface area contributed by atoms with Gasteiger partial charge in [-0.1, -0.05) is 6.07 Å². The zero-order valence-corrected chi connectivity index (χ0v) is 9.01. The van der Waals surface area contributed by atoms with E-state index >= 15 is 0 Å². The smallest absolute Gasteiger partial charge is 0.328 e. The molecule has 0 fully saturated rings. The van der Waals surface area contributed by atoms with Gasteiger partial charge in [-0.15, -0.1) is 0 Å². The Hall–Kier alpha value is -2.70. The van der Waals surface area contributed by atoms with Gasteiger partial charge in [0.2, 0.25) is 0 Å². The van der Waals surface area contributed by atoms with Crippen LogP contribution in [0.2, 0.25) is 0 Å². The van der Waals surface area contributed by atoms with Crippen LogP contribution in [0, 0.1) is 5.82 Å². The first-order chi connectivity index (χ1) is 8.47. The Morgan fingerprint density at radius 1 is 1.22 bits per heavy atom. The Morgan fingerprint density at radius 3 is 2.56 bits per heavy atom. The SMILES string of the molecule is O=C(O)/C=C/C(=O)NC(=O)Nc1cccc(F)c1. The summed E-state index contributed by atoms with van der Waals surface area (Å²) >= 11 is 0. The van der Waals surface area contributed by atoms with Crippen LogP contribution >= 0.6 is 0 Å². The van der Waals surface area contributed by atoms with E-state index in [0.29, 0.717) is 12.2 Å². The van der Waals surface area contributed by atoms with Crippen molar-refractivity contribution in [1.29, 1.82) is 0 Å². The molecule has 0 radical (unpaired) electrons. The van der Waals surface area contributed by atoms with Crippen molar-refractivity contribution in [3.05, 3.63) is 42.2 Å². The van der Waals surface area contributed by atoms with Crippen LogP contribution in [-0.2, 0) is 9.59 Å². The Bertz CT molecular complexity index is 514. The molecule has 0 saturated carbocycles. The molecule has 18 heavy (non-hydrogen) atoms. The van der Waals surface area contributed by atoms with Crippen LogP contribution in [0.1, 0.15) is 0 Å². The number of nitrogens with one attached hydrogen (secondary N) is 2. The molecule has 0 saturated heterocycles. The van der Waals surface area contributed by atoms with Gasteiger partial charge >= 0.3 is 12.0 Å². The van der Waals surface area contributed by atoms with Gasteiger partial charge in [-0.05, 0) is 18.2 Å². The molecule has 0 spiro atoms. The predicted octanol–water partition coefficient (Wildman–Crippen LogP) is 1.11. The number of carboxylic acid groups (broad SMARTS) is 1. The summed E-state index contributed by atoms with van der Waals surface area (Å²) in [6.45, 7) is 0.